The summed E-state index contributed by atoms with van der Waals surface area (Å²) in [5.74, 6) is 0.450. The van der Waals surface area contributed by atoms with Gasteiger partial charge >= 0.3 is 19.5 Å². The predicted octanol–water partition coefficient (Wildman–Crippen LogP) is 3.37. The summed E-state index contributed by atoms with van der Waals surface area (Å²) >= 11 is 0. The van der Waals surface area contributed by atoms with E-state index in [-0.39, 0.29) is 61.2 Å². The smallest absolute Gasteiger partial charge is 0.484 e. The molecule has 0 saturated heterocycles. The van der Waals surface area contributed by atoms with Gasteiger partial charge in [-0.1, -0.05) is 24.3 Å². The molecule has 3 heteroatoms. The second kappa shape index (κ2) is 12.1. The molecule has 2 rings (SSSR count). The van der Waals surface area contributed by atoms with Crippen LogP contribution in [0.3, 0.4) is 0 Å². The zero-order chi connectivity index (χ0) is 6.81. The van der Waals surface area contributed by atoms with Gasteiger partial charge in [0.15, 0.2) is 0 Å². The van der Waals surface area contributed by atoms with E-state index in [0.717, 1.165) is 0 Å². The van der Waals surface area contributed by atoms with Gasteiger partial charge in [-0.3, -0.25) is 0 Å². The first kappa shape index (κ1) is 24.3. The molecule has 1 aliphatic rings. The first-order valence-electron chi connectivity index (χ1n) is 3.37. The molecule has 1 N–H and O–H groups in total. The molecule has 0 unspecified atom stereocenters. The van der Waals surface area contributed by atoms with Crippen molar-refractivity contribution < 1.29 is 39.0 Å². The van der Waals surface area contributed by atoms with Gasteiger partial charge in [0.05, 0.1) is 0 Å². The molecule has 0 fully saturated rings. The Kier molecular flexibility index (Phi) is 19.6. The molecule has 86 valence electrons. The van der Waals surface area contributed by atoms with Crippen LogP contribution in [0.15, 0.2) is 36.6 Å². The van der Waals surface area contributed by atoms with Crippen LogP contribution in [0.25, 0.3) is 0 Å². The molecule has 0 bridgehead atoms. The van der Waals surface area contributed by atoms with Crippen molar-refractivity contribution >= 4 is 0 Å². The van der Waals surface area contributed by atoms with Crippen LogP contribution in [0.2, 0.25) is 0 Å². The van der Waals surface area contributed by atoms with Gasteiger partial charge < -0.3 is 27.3 Å². The summed E-state index contributed by atoms with van der Waals surface area (Å²) in [6.45, 7) is 0. The molecule has 0 spiro atoms. The normalized spacial score (nSPS) is 11.2. The third-order valence-corrected chi connectivity index (χ3v) is 1.67. The molecule has 1 aromatic rings. The summed E-state index contributed by atoms with van der Waals surface area (Å²) in [5.41, 5.74) is 1.21. The summed E-state index contributed by atoms with van der Waals surface area (Å²) in [7, 11) is 0. The molecule has 1 aromatic heterocycles. The fraction of sp³-hybridized carbons (Fsp3) is 0.0833. The maximum Gasteiger partial charge on any atom is 4.00 e. The van der Waals surface area contributed by atoms with E-state index < -0.39 is 0 Å². The van der Waals surface area contributed by atoms with Crippen LogP contribution in [-0.4, -0.2) is 4.98 Å². The topological polar surface area (TPSA) is 15.8 Å². The minimum atomic E-state index is 0. The van der Waals surface area contributed by atoms with Crippen molar-refractivity contribution in [1.29, 1.82) is 0 Å². The molecular weight excluding hydrogens is 360 g/mol. The number of hydrogen-bond acceptors (Lipinski definition) is 0. The van der Waals surface area contributed by atoms with Crippen LogP contribution in [0.4, 0.5) is 0 Å². The van der Waals surface area contributed by atoms with E-state index in [4.69, 9.17) is 0 Å². The Hall–Kier alpha value is 0.00675. The van der Waals surface area contributed by atoms with Gasteiger partial charge in [-0.15, -0.1) is 11.8 Å². The molecule has 0 aliphatic heterocycles. The molecule has 0 saturated carbocycles. The van der Waals surface area contributed by atoms with Gasteiger partial charge in [-0.25, -0.2) is 0 Å². The molecule has 1 heterocycles. The molecule has 0 amide bonds. The van der Waals surface area contributed by atoms with Crippen molar-refractivity contribution in [2.45, 2.75) is 5.92 Å². The predicted molar refractivity (Wildman–Crippen MR) is 59.9 cm³/mol. The number of H-pyrrole nitrogens is 1. The average Bonchev–Trinajstić information content (AvgIpc) is 2.59. The van der Waals surface area contributed by atoms with Gasteiger partial charge in [-0.2, -0.15) is 12.3 Å². The van der Waals surface area contributed by atoms with Gasteiger partial charge in [0.2, 0.25) is 0 Å². The molecule has 1 nitrogen and oxygen atoms in total. The molecule has 0 atom stereocenters. The summed E-state index contributed by atoms with van der Waals surface area (Å²) in [6.07, 6.45) is 13.4. The number of aromatic amines is 1. The fourth-order valence-electron chi connectivity index (χ4n) is 1.13. The molecule has 15 heavy (non-hydrogen) atoms. The van der Waals surface area contributed by atoms with E-state index in [2.05, 4.69) is 35.5 Å². The van der Waals surface area contributed by atoms with Gasteiger partial charge in [0.1, 0.15) is 0 Å². The van der Waals surface area contributed by atoms with Crippen molar-refractivity contribution in [1.82, 2.24) is 4.98 Å². The fourth-order valence-corrected chi connectivity index (χ4v) is 1.13. The van der Waals surface area contributed by atoms with Gasteiger partial charge in [0.25, 0.3) is 0 Å². The van der Waals surface area contributed by atoms with E-state index in [9.17, 15) is 0 Å². The SMILES string of the molecule is [CH3-].[CH3-].[CH3-].[Ru+4].[Ru].[c-]1[nH]ccc1C1C=CC=C1. The molecular formula is C12H17NRu2. The molecule has 0 radical (unpaired) electrons. The molecule has 0 aromatic carbocycles. The van der Waals surface area contributed by atoms with Crippen molar-refractivity contribution in [3.05, 3.63) is 70.6 Å². The van der Waals surface area contributed by atoms with Crippen LogP contribution in [-0.2, 0) is 39.0 Å². The zero-order valence-corrected chi connectivity index (χ0v) is 12.7. The second-order valence-electron chi connectivity index (χ2n) is 2.35. The summed E-state index contributed by atoms with van der Waals surface area (Å²) in [6, 6.07) is 2.05. The van der Waals surface area contributed by atoms with Crippen LogP contribution in [0, 0.1) is 28.5 Å². The Morgan fingerprint density at radius 1 is 1.07 bits per heavy atom. The number of allylic oxidation sites excluding steroid dienone is 4. The summed E-state index contributed by atoms with van der Waals surface area (Å²) in [5, 5.41) is 0. The Morgan fingerprint density at radius 2 is 1.60 bits per heavy atom. The second-order valence-corrected chi connectivity index (χ2v) is 2.35. The van der Waals surface area contributed by atoms with Crippen LogP contribution < -0.4 is 0 Å². The van der Waals surface area contributed by atoms with Crippen molar-refractivity contribution in [2.75, 3.05) is 0 Å². The van der Waals surface area contributed by atoms with E-state index in [1.165, 1.54) is 5.56 Å². The zero-order valence-electron chi connectivity index (χ0n) is 9.25. The third kappa shape index (κ3) is 6.23. The van der Waals surface area contributed by atoms with E-state index in [1.807, 2.05) is 12.3 Å². The maximum absolute atomic E-state index is 3.05. The maximum atomic E-state index is 3.05. The quantitative estimate of drug-likeness (QED) is 0.571. The van der Waals surface area contributed by atoms with Crippen LogP contribution in [0.1, 0.15) is 11.5 Å². The number of rotatable bonds is 1. The van der Waals surface area contributed by atoms with E-state index in [0.29, 0.717) is 5.92 Å². The summed E-state index contributed by atoms with van der Waals surface area (Å²) in [4.78, 5) is 2.91. The largest absolute Gasteiger partial charge is 4.00 e. The van der Waals surface area contributed by atoms with E-state index >= 15 is 0 Å². The summed E-state index contributed by atoms with van der Waals surface area (Å²) < 4.78 is 0. The number of hydrogen-bond donors (Lipinski definition) is 1. The van der Waals surface area contributed by atoms with Gasteiger partial charge in [-0.05, 0) is 5.92 Å². The average molecular weight is 377 g/mol. The Morgan fingerprint density at radius 3 is 2.00 bits per heavy atom. The Labute approximate surface area is 120 Å². The Bertz CT molecular complexity index is 251. The van der Waals surface area contributed by atoms with Gasteiger partial charge in [0, 0.05) is 19.5 Å². The standard InChI is InChI=1S/C9H8N.3CH3.2Ru/c1-2-4-8(3-1)9-5-6-10-7-9;;;;;/h1-6,8,10H;3*1H3;;/q4*-1;;+4. The number of nitrogens with one attached hydrogen (secondary N) is 1. The van der Waals surface area contributed by atoms with Crippen molar-refractivity contribution in [2.24, 2.45) is 0 Å². The first-order chi connectivity index (χ1) is 4.97. The Balaban J connectivity index is -0.000000121. The minimum absolute atomic E-state index is 0. The van der Waals surface area contributed by atoms with Crippen molar-refractivity contribution in [3.8, 4) is 0 Å². The van der Waals surface area contributed by atoms with Crippen LogP contribution in [0.5, 0.6) is 0 Å². The first-order valence-corrected chi connectivity index (χ1v) is 3.37. The van der Waals surface area contributed by atoms with Crippen LogP contribution >= 0.6 is 0 Å². The van der Waals surface area contributed by atoms with Crippen molar-refractivity contribution in [3.63, 3.8) is 0 Å². The minimum Gasteiger partial charge on any atom is -0.484 e. The third-order valence-electron chi connectivity index (χ3n) is 1.67. The van der Waals surface area contributed by atoms with E-state index in [1.54, 1.807) is 0 Å². The monoisotopic (exact) mass is 379 g/mol. The number of aromatic nitrogens is 1. The molecule has 1 aliphatic carbocycles.